The van der Waals surface area contributed by atoms with E-state index in [-0.39, 0.29) is 11.7 Å². The molecule has 0 spiro atoms. The first-order valence-electron chi connectivity index (χ1n) is 12.7. The molecule has 0 aromatic heterocycles. The SMILES string of the molecule is CCCCC1CCC(C2CCC(c3cc(F)c(OCc4cc(F)c(F)c(F)c4)c(F)c3)OC2)CC1. The van der Waals surface area contributed by atoms with Crippen LogP contribution in [0.3, 0.4) is 0 Å². The van der Waals surface area contributed by atoms with Crippen molar-refractivity contribution in [1.29, 1.82) is 0 Å². The summed E-state index contributed by atoms with van der Waals surface area (Å²) in [5.41, 5.74) is 0.332. The van der Waals surface area contributed by atoms with Crippen LogP contribution < -0.4 is 4.74 Å². The van der Waals surface area contributed by atoms with E-state index in [1.807, 2.05) is 0 Å². The van der Waals surface area contributed by atoms with Gasteiger partial charge in [-0.2, -0.15) is 0 Å². The normalized spacial score (nSPS) is 25.0. The van der Waals surface area contributed by atoms with E-state index in [1.54, 1.807) is 0 Å². The summed E-state index contributed by atoms with van der Waals surface area (Å²) < 4.78 is 80.3. The summed E-state index contributed by atoms with van der Waals surface area (Å²) in [6, 6.07) is 3.83. The van der Waals surface area contributed by atoms with Gasteiger partial charge in [-0.1, -0.05) is 39.0 Å². The number of hydrogen-bond acceptors (Lipinski definition) is 2. The van der Waals surface area contributed by atoms with Crippen LogP contribution in [0.2, 0.25) is 0 Å². The molecule has 1 aliphatic heterocycles. The zero-order chi connectivity index (χ0) is 24.9. The summed E-state index contributed by atoms with van der Waals surface area (Å²) in [6.45, 7) is 2.32. The summed E-state index contributed by atoms with van der Waals surface area (Å²) in [7, 11) is 0. The molecule has 7 heteroatoms. The van der Waals surface area contributed by atoms with Gasteiger partial charge in [-0.3, -0.25) is 0 Å². The molecule has 2 unspecified atom stereocenters. The number of hydrogen-bond donors (Lipinski definition) is 0. The van der Waals surface area contributed by atoms with Crippen molar-refractivity contribution in [1.82, 2.24) is 0 Å². The highest BCUT2D eigenvalue weighted by Crippen LogP contribution is 2.42. The van der Waals surface area contributed by atoms with E-state index in [4.69, 9.17) is 9.47 Å². The van der Waals surface area contributed by atoms with Crippen LogP contribution in [0.25, 0.3) is 0 Å². The zero-order valence-corrected chi connectivity index (χ0v) is 20.1. The van der Waals surface area contributed by atoms with E-state index >= 15 is 0 Å². The Morgan fingerprint density at radius 3 is 2.00 bits per heavy atom. The minimum absolute atomic E-state index is 0.0784. The lowest BCUT2D eigenvalue weighted by molar-refractivity contribution is -0.0407. The minimum Gasteiger partial charge on any atom is -0.483 e. The molecular formula is C28H33F5O2. The van der Waals surface area contributed by atoms with Crippen molar-refractivity contribution in [2.24, 2.45) is 17.8 Å². The van der Waals surface area contributed by atoms with Crippen molar-refractivity contribution in [2.45, 2.75) is 77.4 Å². The van der Waals surface area contributed by atoms with Gasteiger partial charge in [0.1, 0.15) is 6.61 Å². The molecule has 0 bridgehead atoms. The molecule has 0 amide bonds. The highest BCUT2D eigenvalue weighted by molar-refractivity contribution is 5.33. The molecule has 2 nitrogen and oxygen atoms in total. The van der Waals surface area contributed by atoms with Gasteiger partial charge in [-0.05, 0) is 78.8 Å². The summed E-state index contributed by atoms with van der Waals surface area (Å²) in [5.74, 6) is -4.85. The van der Waals surface area contributed by atoms with Gasteiger partial charge in [0.05, 0.1) is 12.7 Å². The standard InChI is InChI=1S/C28H33F5O2/c1-2-3-4-17-5-7-19(8-6-17)20-9-10-26(34-16-20)21-13-24(31)28(25(32)14-21)35-15-18-11-22(29)27(33)23(30)12-18/h11-14,17,19-20,26H,2-10,15-16H2,1H3. The number of halogens is 5. The van der Waals surface area contributed by atoms with E-state index in [0.29, 0.717) is 30.4 Å². The summed E-state index contributed by atoms with van der Waals surface area (Å²) in [6.07, 6.45) is 10.2. The lowest BCUT2D eigenvalue weighted by Crippen LogP contribution is -2.29. The third-order valence-electron chi connectivity index (χ3n) is 7.65. The first-order valence-corrected chi connectivity index (χ1v) is 12.7. The van der Waals surface area contributed by atoms with Crippen LogP contribution in [0, 0.1) is 46.8 Å². The quantitative estimate of drug-likeness (QED) is 0.270. The Kier molecular flexibility index (Phi) is 8.68. The predicted octanol–water partition coefficient (Wildman–Crippen LogP) is 8.43. The first-order chi connectivity index (χ1) is 16.9. The van der Waals surface area contributed by atoms with Crippen LogP contribution >= 0.6 is 0 Å². The van der Waals surface area contributed by atoms with Crippen LogP contribution in [-0.4, -0.2) is 6.61 Å². The number of ether oxygens (including phenoxy) is 2. The maximum Gasteiger partial charge on any atom is 0.194 e. The molecule has 2 aliphatic rings. The van der Waals surface area contributed by atoms with E-state index in [9.17, 15) is 22.0 Å². The maximum absolute atomic E-state index is 14.7. The van der Waals surface area contributed by atoms with Crippen molar-refractivity contribution >= 4 is 0 Å². The fourth-order valence-corrected chi connectivity index (χ4v) is 5.60. The Hall–Kier alpha value is -2.15. The fraction of sp³-hybridized carbons (Fsp3) is 0.571. The molecule has 1 saturated heterocycles. The smallest absolute Gasteiger partial charge is 0.194 e. The molecule has 0 N–H and O–H groups in total. The molecule has 192 valence electrons. The van der Waals surface area contributed by atoms with E-state index < -0.39 is 41.4 Å². The van der Waals surface area contributed by atoms with Gasteiger partial charge in [-0.25, -0.2) is 22.0 Å². The van der Waals surface area contributed by atoms with Gasteiger partial charge in [0.2, 0.25) is 0 Å². The topological polar surface area (TPSA) is 18.5 Å². The number of benzene rings is 2. The molecule has 1 aliphatic carbocycles. The highest BCUT2D eigenvalue weighted by Gasteiger charge is 2.32. The monoisotopic (exact) mass is 496 g/mol. The van der Waals surface area contributed by atoms with Gasteiger partial charge < -0.3 is 9.47 Å². The summed E-state index contributed by atoms with van der Waals surface area (Å²) in [4.78, 5) is 0. The Labute approximate surface area is 203 Å². The number of rotatable bonds is 8. The van der Waals surface area contributed by atoms with Crippen LogP contribution in [0.1, 0.15) is 81.9 Å². The van der Waals surface area contributed by atoms with Crippen LogP contribution in [0.5, 0.6) is 5.75 Å². The van der Waals surface area contributed by atoms with Crippen molar-refractivity contribution in [2.75, 3.05) is 6.61 Å². The van der Waals surface area contributed by atoms with Crippen LogP contribution in [0.15, 0.2) is 24.3 Å². The Bertz CT molecular complexity index is 949. The van der Waals surface area contributed by atoms with Crippen LogP contribution in [-0.2, 0) is 11.3 Å². The maximum atomic E-state index is 14.7. The third kappa shape index (κ3) is 6.35. The molecule has 4 rings (SSSR count). The van der Waals surface area contributed by atoms with Crippen molar-refractivity contribution in [3.8, 4) is 5.75 Å². The largest absolute Gasteiger partial charge is 0.483 e. The molecule has 2 fully saturated rings. The van der Waals surface area contributed by atoms with Gasteiger partial charge in [0.15, 0.2) is 34.8 Å². The fourth-order valence-electron chi connectivity index (χ4n) is 5.60. The van der Waals surface area contributed by atoms with Gasteiger partial charge in [0, 0.05) is 0 Å². The predicted molar refractivity (Wildman–Crippen MR) is 123 cm³/mol. The second-order valence-corrected chi connectivity index (χ2v) is 10.1. The Morgan fingerprint density at radius 1 is 0.800 bits per heavy atom. The average Bonchev–Trinajstić information content (AvgIpc) is 2.86. The van der Waals surface area contributed by atoms with E-state index in [0.717, 1.165) is 24.5 Å². The molecule has 2 aromatic rings. The Morgan fingerprint density at radius 2 is 1.43 bits per heavy atom. The molecule has 2 atom stereocenters. The highest BCUT2D eigenvalue weighted by atomic mass is 19.2. The van der Waals surface area contributed by atoms with Gasteiger partial charge >= 0.3 is 0 Å². The minimum atomic E-state index is -1.61. The lowest BCUT2D eigenvalue weighted by atomic mass is 9.72. The van der Waals surface area contributed by atoms with Gasteiger partial charge in [-0.15, -0.1) is 0 Å². The summed E-state index contributed by atoms with van der Waals surface area (Å²) in [5, 5.41) is 0. The summed E-state index contributed by atoms with van der Waals surface area (Å²) >= 11 is 0. The average molecular weight is 497 g/mol. The molecule has 0 radical (unpaired) electrons. The van der Waals surface area contributed by atoms with Crippen LogP contribution in [0.4, 0.5) is 22.0 Å². The first kappa shape index (κ1) is 25.9. The molecule has 1 saturated carbocycles. The Balaban J connectivity index is 1.31. The third-order valence-corrected chi connectivity index (χ3v) is 7.65. The van der Waals surface area contributed by atoms with Crippen molar-refractivity contribution < 1.29 is 31.4 Å². The molecule has 35 heavy (non-hydrogen) atoms. The second kappa shape index (κ2) is 11.7. The molecule has 2 aromatic carbocycles. The van der Waals surface area contributed by atoms with Gasteiger partial charge in [0.25, 0.3) is 0 Å². The zero-order valence-electron chi connectivity index (χ0n) is 20.1. The lowest BCUT2D eigenvalue weighted by Gasteiger charge is -2.38. The number of unbranched alkanes of at least 4 members (excludes halogenated alkanes) is 1. The van der Waals surface area contributed by atoms with E-state index in [2.05, 4.69) is 6.92 Å². The van der Waals surface area contributed by atoms with Crippen molar-refractivity contribution in [3.05, 3.63) is 64.5 Å². The van der Waals surface area contributed by atoms with E-state index in [1.165, 1.54) is 57.1 Å². The second-order valence-electron chi connectivity index (χ2n) is 10.1. The molecular weight excluding hydrogens is 463 g/mol. The van der Waals surface area contributed by atoms with Crippen molar-refractivity contribution in [3.63, 3.8) is 0 Å². The molecule has 1 heterocycles.